The van der Waals surface area contributed by atoms with Gasteiger partial charge in [-0.05, 0) is 62.6 Å². The minimum absolute atomic E-state index is 0.108. The zero-order valence-electron chi connectivity index (χ0n) is 26.1. The molecule has 2 saturated heterocycles. The van der Waals surface area contributed by atoms with Gasteiger partial charge >= 0.3 is 5.97 Å². The molecule has 0 bridgehead atoms. The van der Waals surface area contributed by atoms with E-state index in [-0.39, 0.29) is 29.5 Å². The molecule has 2 aliphatic rings. The Morgan fingerprint density at radius 3 is 2.34 bits per heavy atom. The van der Waals surface area contributed by atoms with Gasteiger partial charge in [-0.3, -0.25) is 0 Å². The van der Waals surface area contributed by atoms with Gasteiger partial charge in [0.25, 0.3) is 0 Å². The minimum atomic E-state index is -1.51. The third-order valence-electron chi connectivity index (χ3n) is 7.49. The number of ether oxygens (including phenoxy) is 4. The van der Waals surface area contributed by atoms with E-state index in [0.29, 0.717) is 36.7 Å². The smallest absolute Gasteiger partial charge is 0.334 e. The van der Waals surface area contributed by atoms with Gasteiger partial charge in [0.15, 0.2) is 23.7 Å². The van der Waals surface area contributed by atoms with E-state index < -0.39 is 35.8 Å². The monoisotopic (exact) mass is 677 g/mol. The number of carbonyl (C=O) groups is 1. The summed E-state index contributed by atoms with van der Waals surface area (Å²) < 4.78 is 76.0. The van der Waals surface area contributed by atoms with Crippen LogP contribution in [0.15, 0.2) is 71.8 Å². The number of carbonyl (C=O) groups excluding carboxylic acids is 1. The van der Waals surface area contributed by atoms with E-state index in [4.69, 9.17) is 19.3 Å². The molecule has 5 atom stereocenters. The third-order valence-corrected chi connectivity index (χ3v) is 7.93. The lowest BCUT2D eigenvalue weighted by molar-refractivity contribution is -0.289. The van der Waals surface area contributed by atoms with Gasteiger partial charge < -0.3 is 24.1 Å². The summed E-state index contributed by atoms with van der Waals surface area (Å²) in [6.07, 6.45) is 0.0728. The van der Waals surface area contributed by atoms with Gasteiger partial charge in [-0.15, -0.1) is 5.10 Å². The lowest BCUT2D eigenvalue weighted by Gasteiger charge is -2.43. The molecule has 2 fully saturated rings. The van der Waals surface area contributed by atoms with Crippen LogP contribution in [0.25, 0.3) is 11.3 Å². The molecule has 4 aromatic rings. The van der Waals surface area contributed by atoms with Crippen molar-refractivity contribution in [3.8, 4) is 11.3 Å². The molecule has 0 aliphatic carbocycles. The zero-order valence-corrected chi connectivity index (χ0v) is 26.9. The average Bonchev–Trinajstić information content (AvgIpc) is 3.58. The van der Waals surface area contributed by atoms with Gasteiger partial charge in [0.1, 0.15) is 24.0 Å². The first kappa shape index (κ1) is 36.0. The fraction of sp³-hybridized carbons (Fsp3) is 0.364. The van der Waals surface area contributed by atoms with Crippen molar-refractivity contribution >= 4 is 18.1 Å². The number of aliphatic hydroxyl groups is 1. The van der Waals surface area contributed by atoms with Gasteiger partial charge in [0, 0.05) is 22.6 Å². The summed E-state index contributed by atoms with van der Waals surface area (Å²) in [5.74, 6) is -4.66. The molecule has 252 valence electrons. The lowest BCUT2D eigenvalue weighted by atomic mass is 9.98. The van der Waals surface area contributed by atoms with Crippen LogP contribution in [0, 0.1) is 31.3 Å². The highest BCUT2D eigenvalue weighted by atomic mass is 32.2. The first-order valence-corrected chi connectivity index (χ1v) is 15.4. The second-order valence-corrected chi connectivity index (χ2v) is 11.4. The Hall–Kier alpha value is -3.82. The zero-order chi connectivity index (χ0) is 34.1. The summed E-state index contributed by atoms with van der Waals surface area (Å²) in [7, 11) is 1.23. The number of halogens is 4. The number of aryl methyl sites for hydroxylation is 2. The number of fused-ring (bicyclic) bond motifs is 1. The van der Waals surface area contributed by atoms with Gasteiger partial charge in [-0.1, -0.05) is 41.6 Å². The molecule has 0 radical (unpaired) electrons. The highest BCUT2D eigenvalue weighted by Gasteiger charge is 2.42. The van der Waals surface area contributed by atoms with Crippen molar-refractivity contribution in [2.24, 2.45) is 0 Å². The van der Waals surface area contributed by atoms with E-state index in [1.807, 2.05) is 56.3 Å². The predicted octanol–water partition coefficient (Wildman–Crippen LogP) is 6.63. The van der Waals surface area contributed by atoms with E-state index in [2.05, 4.69) is 15.0 Å². The lowest BCUT2D eigenvalue weighted by Crippen LogP contribution is -2.50. The van der Waals surface area contributed by atoms with Crippen LogP contribution in [0.5, 0.6) is 0 Å². The maximum Gasteiger partial charge on any atom is 0.334 e. The summed E-state index contributed by atoms with van der Waals surface area (Å²) in [6, 6.07) is 16.7. The standard InChI is InChI=1S/C21H18F3N3O3.C8H9FS.C4H8O3/c22-14-8-13(9-15(23)19(14)24)16-10-27(26-25-16)17-6-7-28-18-11-29-21(30-20(17)18)12-4-2-1-3-5-12;1-6-3-4-8(10-9)5-7(6)2;1-3(5)4(6)7-2/h1-5,8-10,17-18,20-21H,6-7,11H2;3-5H,1-2H3;3,5H,1-2H3. The quantitative estimate of drug-likeness (QED) is 0.142. The Balaban J connectivity index is 0.000000242. The summed E-state index contributed by atoms with van der Waals surface area (Å²) in [4.78, 5) is 10.7. The van der Waals surface area contributed by atoms with Crippen molar-refractivity contribution in [3.05, 3.63) is 101 Å². The van der Waals surface area contributed by atoms with Crippen molar-refractivity contribution in [1.29, 1.82) is 0 Å². The van der Waals surface area contributed by atoms with Crippen LogP contribution >= 0.6 is 12.1 Å². The maximum absolute atomic E-state index is 13.6. The van der Waals surface area contributed by atoms with Gasteiger partial charge in [0.05, 0.1) is 38.1 Å². The molecule has 47 heavy (non-hydrogen) atoms. The normalized spacial score (nSPS) is 20.9. The Kier molecular flexibility index (Phi) is 12.9. The Bertz CT molecular complexity index is 1600. The number of aliphatic hydroxyl groups excluding tert-OH is 1. The minimum Gasteiger partial charge on any atom is -0.467 e. The molecule has 3 heterocycles. The van der Waals surface area contributed by atoms with Crippen LogP contribution < -0.4 is 0 Å². The number of hydrogen-bond donors (Lipinski definition) is 1. The summed E-state index contributed by atoms with van der Waals surface area (Å²) in [6.45, 7) is 6.21. The van der Waals surface area contributed by atoms with Crippen LogP contribution in [-0.2, 0) is 23.7 Å². The molecule has 0 spiro atoms. The Morgan fingerprint density at radius 1 is 1.04 bits per heavy atom. The largest absolute Gasteiger partial charge is 0.467 e. The van der Waals surface area contributed by atoms with E-state index in [9.17, 15) is 21.9 Å². The molecule has 0 amide bonds. The SMILES string of the molecule is COC(=O)C(C)O.Cc1ccc(SF)cc1C.Fc1cc(-c2cn(C3CCOC4COC(c5ccccc5)OC43)nn2)cc(F)c1F. The van der Waals surface area contributed by atoms with Crippen molar-refractivity contribution in [2.75, 3.05) is 20.3 Å². The van der Waals surface area contributed by atoms with Crippen LogP contribution in [0.1, 0.15) is 42.4 Å². The van der Waals surface area contributed by atoms with Crippen molar-refractivity contribution in [3.63, 3.8) is 0 Å². The van der Waals surface area contributed by atoms with Crippen LogP contribution in [0.4, 0.5) is 17.1 Å². The molecule has 2 aliphatic heterocycles. The average molecular weight is 678 g/mol. The summed E-state index contributed by atoms with van der Waals surface area (Å²) in [5, 5.41) is 16.5. The van der Waals surface area contributed by atoms with Crippen LogP contribution in [-0.4, -0.2) is 64.7 Å². The van der Waals surface area contributed by atoms with E-state index >= 15 is 0 Å². The van der Waals surface area contributed by atoms with E-state index in [1.54, 1.807) is 16.9 Å². The number of methoxy groups -OCH3 is 1. The van der Waals surface area contributed by atoms with Gasteiger partial charge in [-0.2, -0.15) is 3.89 Å². The number of aromatic nitrogens is 3. The fourth-order valence-corrected chi connectivity index (χ4v) is 5.15. The number of hydrogen-bond acceptors (Lipinski definition) is 9. The maximum atomic E-state index is 13.6. The van der Waals surface area contributed by atoms with Gasteiger partial charge in [0.2, 0.25) is 0 Å². The number of benzene rings is 3. The number of rotatable bonds is 5. The number of esters is 1. The van der Waals surface area contributed by atoms with Crippen molar-refractivity contribution in [2.45, 2.75) is 62.7 Å². The second kappa shape index (κ2) is 16.8. The van der Waals surface area contributed by atoms with Crippen molar-refractivity contribution in [1.82, 2.24) is 15.0 Å². The Morgan fingerprint density at radius 2 is 1.74 bits per heavy atom. The second-order valence-electron chi connectivity index (χ2n) is 10.8. The highest BCUT2D eigenvalue weighted by Crippen LogP contribution is 2.37. The van der Waals surface area contributed by atoms with Crippen LogP contribution in [0.2, 0.25) is 0 Å². The summed E-state index contributed by atoms with van der Waals surface area (Å²) in [5.41, 5.74) is 3.59. The number of nitrogens with zero attached hydrogens (tertiary/aromatic N) is 3. The fourth-order valence-electron chi connectivity index (χ4n) is 4.81. The molecule has 6 rings (SSSR count). The molecule has 14 heteroatoms. The molecule has 3 aromatic carbocycles. The molecule has 5 unspecified atom stereocenters. The molecule has 1 N–H and O–H groups in total. The molecule has 0 saturated carbocycles. The first-order valence-electron chi connectivity index (χ1n) is 14.6. The van der Waals surface area contributed by atoms with E-state index in [1.165, 1.54) is 19.6 Å². The highest BCUT2D eigenvalue weighted by molar-refractivity contribution is 7.94. The van der Waals surface area contributed by atoms with Gasteiger partial charge in [-0.25, -0.2) is 22.6 Å². The molecular weight excluding hydrogens is 642 g/mol. The third kappa shape index (κ3) is 9.39. The molecule has 9 nitrogen and oxygen atoms in total. The van der Waals surface area contributed by atoms with Crippen LogP contribution in [0.3, 0.4) is 0 Å². The first-order chi connectivity index (χ1) is 22.5. The van der Waals surface area contributed by atoms with Crippen molar-refractivity contribution < 1.29 is 45.9 Å². The Labute approximate surface area is 274 Å². The van der Waals surface area contributed by atoms with E-state index in [0.717, 1.165) is 23.3 Å². The topological polar surface area (TPSA) is 105 Å². The predicted molar refractivity (Wildman–Crippen MR) is 165 cm³/mol. The summed E-state index contributed by atoms with van der Waals surface area (Å²) >= 11 is 0.292. The molecule has 1 aromatic heterocycles. The molecular formula is C33H35F4N3O6S.